The lowest BCUT2D eigenvalue weighted by Gasteiger charge is -2.18. The quantitative estimate of drug-likeness (QED) is 0.865. The zero-order chi connectivity index (χ0) is 17.0. The lowest BCUT2D eigenvalue weighted by atomic mass is 10.1. The van der Waals surface area contributed by atoms with Crippen LogP contribution in [0.3, 0.4) is 0 Å². The second kappa shape index (κ2) is 7.55. The Bertz CT molecular complexity index is 591. The molecule has 1 aliphatic rings. The van der Waals surface area contributed by atoms with Crippen molar-refractivity contribution >= 4 is 17.5 Å². The van der Waals surface area contributed by atoms with Crippen LogP contribution in [0.2, 0.25) is 0 Å². The van der Waals surface area contributed by atoms with E-state index in [-0.39, 0.29) is 30.0 Å². The monoisotopic (exact) mass is 321 g/mol. The summed E-state index contributed by atoms with van der Waals surface area (Å²) in [5.74, 6) is -0.971. The van der Waals surface area contributed by atoms with Gasteiger partial charge in [-0.05, 0) is 38.2 Å². The van der Waals surface area contributed by atoms with Crippen molar-refractivity contribution in [2.24, 2.45) is 5.92 Å². The molecule has 5 nitrogen and oxygen atoms in total. The van der Waals surface area contributed by atoms with E-state index in [0.29, 0.717) is 24.3 Å². The van der Waals surface area contributed by atoms with Crippen molar-refractivity contribution in [3.8, 4) is 0 Å². The summed E-state index contributed by atoms with van der Waals surface area (Å²) in [5, 5.41) is 2.87. The van der Waals surface area contributed by atoms with Crippen molar-refractivity contribution in [3.05, 3.63) is 29.6 Å². The van der Waals surface area contributed by atoms with Gasteiger partial charge in [0.15, 0.2) is 0 Å². The molecule has 0 aliphatic carbocycles. The van der Waals surface area contributed by atoms with Crippen LogP contribution in [-0.2, 0) is 9.59 Å². The standard InChI is InChI=1S/C17H24FN3O2/c1-4-20(3)8-7-19-17(23)13-9-16(22)21(11-13)14-6-5-12(2)15(18)10-14/h5-6,10,13H,4,7-9,11H2,1-3H3,(H,19,23)/t13-/m1/s1. The Morgan fingerprint density at radius 1 is 1.48 bits per heavy atom. The van der Waals surface area contributed by atoms with Crippen LogP contribution in [0.1, 0.15) is 18.9 Å². The number of carbonyl (C=O) groups is 2. The van der Waals surface area contributed by atoms with Crippen molar-refractivity contribution in [2.45, 2.75) is 20.3 Å². The van der Waals surface area contributed by atoms with Gasteiger partial charge in [-0.2, -0.15) is 0 Å². The Morgan fingerprint density at radius 3 is 2.87 bits per heavy atom. The third kappa shape index (κ3) is 4.28. The highest BCUT2D eigenvalue weighted by molar-refractivity contribution is 6.00. The number of nitrogens with one attached hydrogen (secondary N) is 1. The van der Waals surface area contributed by atoms with Crippen LogP contribution in [-0.4, -0.2) is 49.9 Å². The zero-order valence-corrected chi connectivity index (χ0v) is 13.9. The number of halogens is 1. The molecule has 2 rings (SSSR count). The Labute approximate surface area is 136 Å². The van der Waals surface area contributed by atoms with E-state index >= 15 is 0 Å². The number of benzene rings is 1. The van der Waals surface area contributed by atoms with Crippen molar-refractivity contribution < 1.29 is 14.0 Å². The largest absolute Gasteiger partial charge is 0.355 e. The molecule has 1 heterocycles. The molecule has 0 spiro atoms. The third-order valence-electron chi connectivity index (χ3n) is 4.30. The predicted octanol–water partition coefficient (Wildman–Crippen LogP) is 1.55. The summed E-state index contributed by atoms with van der Waals surface area (Å²) < 4.78 is 13.7. The first-order chi connectivity index (χ1) is 10.9. The molecule has 6 heteroatoms. The van der Waals surface area contributed by atoms with E-state index in [1.165, 1.54) is 11.0 Å². The Kier molecular flexibility index (Phi) is 5.71. The van der Waals surface area contributed by atoms with E-state index in [9.17, 15) is 14.0 Å². The summed E-state index contributed by atoms with van der Waals surface area (Å²) in [4.78, 5) is 27.9. The molecule has 0 radical (unpaired) electrons. The highest BCUT2D eigenvalue weighted by atomic mass is 19.1. The fourth-order valence-electron chi connectivity index (χ4n) is 2.55. The molecule has 1 aromatic carbocycles. The molecule has 0 bridgehead atoms. The molecular formula is C17H24FN3O2. The number of amides is 2. The highest BCUT2D eigenvalue weighted by Gasteiger charge is 2.35. The Hall–Kier alpha value is -1.95. The van der Waals surface area contributed by atoms with Crippen LogP contribution in [0.5, 0.6) is 0 Å². The summed E-state index contributed by atoms with van der Waals surface area (Å²) in [6.45, 7) is 6.29. The van der Waals surface area contributed by atoms with Gasteiger partial charge in [-0.1, -0.05) is 13.0 Å². The molecule has 23 heavy (non-hydrogen) atoms. The average Bonchev–Trinajstić information content (AvgIpc) is 2.91. The Balaban J connectivity index is 1.93. The molecule has 0 unspecified atom stereocenters. The van der Waals surface area contributed by atoms with Gasteiger partial charge in [0, 0.05) is 31.7 Å². The van der Waals surface area contributed by atoms with E-state index in [1.807, 2.05) is 7.05 Å². The minimum Gasteiger partial charge on any atom is -0.355 e. The lowest BCUT2D eigenvalue weighted by molar-refractivity contribution is -0.126. The number of aryl methyl sites for hydroxylation is 1. The maximum atomic E-state index is 13.7. The summed E-state index contributed by atoms with van der Waals surface area (Å²) in [7, 11) is 1.99. The average molecular weight is 321 g/mol. The van der Waals surface area contributed by atoms with Crippen molar-refractivity contribution in [2.75, 3.05) is 38.1 Å². The van der Waals surface area contributed by atoms with Gasteiger partial charge in [-0.3, -0.25) is 9.59 Å². The van der Waals surface area contributed by atoms with Gasteiger partial charge in [0.25, 0.3) is 0 Å². The highest BCUT2D eigenvalue weighted by Crippen LogP contribution is 2.26. The van der Waals surface area contributed by atoms with Crippen molar-refractivity contribution in [1.29, 1.82) is 0 Å². The lowest BCUT2D eigenvalue weighted by Crippen LogP contribution is -2.37. The number of nitrogens with zero attached hydrogens (tertiary/aromatic N) is 2. The van der Waals surface area contributed by atoms with Gasteiger partial charge in [0.1, 0.15) is 5.82 Å². The van der Waals surface area contributed by atoms with E-state index in [1.54, 1.807) is 19.1 Å². The summed E-state index contributed by atoms with van der Waals surface area (Å²) in [5.41, 5.74) is 1.05. The van der Waals surface area contributed by atoms with Crippen LogP contribution in [0.4, 0.5) is 10.1 Å². The van der Waals surface area contributed by atoms with Crippen LogP contribution in [0, 0.1) is 18.7 Å². The molecule has 1 aliphatic heterocycles. The van der Waals surface area contributed by atoms with Gasteiger partial charge in [0.2, 0.25) is 11.8 Å². The number of likely N-dealkylation sites (N-methyl/N-ethyl adjacent to an activating group) is 1. The molecule has 1 saturated heterocycles. The third-order valence-corrected chi connectivity index (χ3v) is 4.30. The number of carbonyl (C=O) groups excluding carboxylic acids is 2. The Morgan fingerprint density at radius 2 is 2.22 bits per heavy atom. The normalized spacial score (nSPS) is 17.9. The van der Waals surface area contributed by atoms with Gasteiger partial charge in [-0.25, -0.2) is 4.39 Å². The maximum Gasteiger partial charge on any atom is 0.227 e. The van der Waals surface area contributed by atoms with E-state index < -0.39 is 0 Å². The van der Waals surface area contributed by atoms with E-state index in [2.05, 4.69) is 17.1 Å². The van der Waals surface area contributed by atoms with E-state index in [0.717, 1.165) is 13.1 Å². The number of hydrogen-bond acceptors (Lipinski definition) is 3. The first-order valence-electron chi connectivity index (χ1n) is 7.95. The van der Waals surface area contributed by atoms with Gasteiger partial charge < -0.3 is 15.1 Å². The zero-order valence-electron chi connectivity index (χ0n) is 13.9. The molecule has 1 N–H and O–H groups in total. The first-order valence-corrected chi connectivity index (χ1v) is 7.95. The minimum absolute atomic E-state index is 0.113. The molecule has 2 amide bonds. The van der Waals surface area contributed by atoms with Crippen LogP contribution in [0.15, 0.2) is 18.2 Å². The second-order valence-corrected chi connectivity index (χ2v) is 6.03. The molecule has 0 aromatic heterocycles. The van der Waals surface area contributed by atoms with Gasteiger partial charge in [-0.15, -0.1) is 0 Å². The molecule has 1 aromatic rings. The van der Waals surface area contributed by atoms with Gasteiger partial charge >= 0.3 is 0 Å². The van der Waals surface area contributed by atoms with Gasteiger partial charge in [0.05, 0.1) is 5.92 Å². The first kappa shape index (κ1) is 17.4. The number of hydrogen-bond donors (Lipinski definition) is 1. The summed E-state index contributed by atoms with van der Waals surface area (Å²) in [6.07, 6.45) is 0.172. The topological polar surface area (TPSA) is 52.7 Å². The second-order valence-electron chi connectivity index (χ2n) is 6.03. The molecule has 0 saturated carbocycles. The fraction of sp³-hybridized carbons (Fsp3) is 0.529. The van der Waals surface area contributed by atoms with Crippen molar-refractivity contribution in [3.63, 3.8) is 0 Å². The fourth-order valence-corrected chi connectivity index (χ4v) is 2.55. The SMILES string of the molecule is CCN(C)CCNC(=O)[C@@H]1CC(=O)N(c2ccc(C)c(F)c2)C1. The van der Waals surface area contributed by atoms with Crippen LogP contribution in [0.25, 0.3) is 0 Å². The predicted molar refractivity (Wildman–Crippen MR) is 87.8 cm³/mol. The van der Waals surface area contributed by atoms with Crippen molar-refractivity contribution in [1.82, 2.24) is 10.2 Å². The molecule has 126 valence electrons. The number of anilines is 1. The molecular weight excluding hydrogens is 297 g/mol. The van der Waals surface area contributed by atoms with E-state index in [4.69, 9.17) is 0 Å². The summed E-state index contributed by atoms with van der Waals surface area (Å²) >= 11 is 0. The minimum atomic E-state index is -0.376. The smallest absolute Gasteiger partial charge is 0.227 e. The molecule has 1 atom stereocenters. The van der Waals surface area contributed by atoms with Crippen LogP contribution < -0.4 is 10.2 Å². The summed E-state index contributed by atoms with van der Waals surface area (Å²) in [6, 6.07) is 4.71. The molecule has 1 fully saturated rings. The maximum absolute atomic E-state index is 13.7. The van der Waals surface area contributed by atoms with Crippen LogP contribution >= 0.6 is 0 Å². The number of rotatable bonds is 6.